The molecule has 3 nitrogen and oxygen atoms in total. The fourth-order valence-corrected chi connectivity index (χ4v) is 1.94. The van der Waals surface area contributed by atoms with Crippen LogP contribution in [0.15, 0.2) is 42.6 Å². The zero-order valence-corrected chi connectivity index (χ0v) is 11.2. The van der Waals surface area contributed by atoms with Crippen molar-refractivity contribution in [1.29, 1.82) is 0 Å². The van der Waals surface area contributed by atoms with Gasteiger partial charge in [-0.25, -0.2) is 4.98 Å². The lowest BCUT2D eigenvalue weighted by Crippen LogP contribution is -2.16. The number of hydrogen-bond donors (Lipinski definition) is 0. The molecule has 4 heteroatoms. The van der Waals surface area contributed by atoms with Crippen LogP contribution >= 0.6 is 11.6 Å². The van der Waals surface area contributed by atoms with Gasteiger partial charge >= 0.3 is 0 Å². The van der Waals surface area contributed by atoms with Crippen molar-refractivity contribution in [2.24, 2.45) is 0 Å². The van der Waals surface area contributed by atoms with Crippen LogP contribution in [-0.4, -0.2) is 19.1 Å². The van der Waals surface area contributed by atoms with Gasteiger partial charge in [0.25, 0.3) is 0 Å². The minimum absolute atomic E-state index is 0.524. The highest BCUT2D eigenvalue weighted by atomic mass is 35.5. The molecule has 0 saturated heterocycles. The van der Waals surface area contributed by atoms with Crippen LogP contribution in [0, 0.1) is 0 Å². The average molecular weight is 263 g/mol. The van der Waals surface area contributed by atoms with Gasteiger partial charge in [0, 0.05) is 25.5 Å². The summed E-state index contributed by atoms with van der Waals surface area (Å²) in [5.41, 5.74) is 2.26. The van der Waals surface area contributed by atoms with E-state index in [2.05, 4.69) is 9.88 Å². The zero-order chi connectivity index (χ0) is 13.0. The van der Waals surface area contributed by atoms with E-state index in [1.165, 1.54) is 0 Å². The van der Waals surface area contributed by atoms with Gasteiger partial charge in [-0.05, 0) is 42.0 Å². The van der Waals surface area contributed by atoms with Crippen LogP contribution in [0.5, 0.6) is 5.75 Å². The van der Waals surface area contributed by atoms with Crippen molar-refractivity contribution in [1.82, 2.24) is 4.98 Å². The standard InChI is InChI=1S/C14H15ClN2O/c1-17(10-11-7-8-16-14(15)9-11)12-3-5-13(18-2)6-4-12/h3-9H,10H2,1-2H3. The number of hydrogen-bond acceptors (Lipinski definition) is 3. The second-order valence-corrected chi connectivity index (χ2v) is 4.43. The summed E-state index contributed by atoms with van der Waals surface area (Å²) in [4.78, 5) is 6.12. The van der Waals surface area contributed by atoms with E-state index in [0.29, 0.717) is 5.15 Å². The molecule has 94 valence electrons. The molecule has 1 heterocycles. The Hall–Kier alpha value is -1.74. The maximum atomic E-state index is 5.87. The molecule has 18 heavy (non-hydrogen) atoms. The molecule has 0 N–H and O–H groups in total. The molecule has 0 atom stereocenters. The Morgan fingerprint density at radius 3 is 2.56 bits per heavy atom. The first kappa shape index (κ1) is 12.7. The molecule has 0 aliphatic carbocycles. The molecule has 0 fully saturated rings. The third-order valence-electron chi connectivity index (χ3n) is 2.72. The van der Waals surface area contributed by atoms with Gasteiger partial charge < -0.3 is 9.64 Å². The number of halogens is 1. The molecule has 0 saturated carbocycles. The van der Waals surface area contributed by atoms with Crippen molar-refractivity contribution < 1.29 is 4.74 Å². The molecule has 0 aliphatic rings. The van der Waals surface area contributed by atoms with Gasteiger partial charge in [-0.1, -0.05) is 11.6 Å². The number of nitrogens with zero attached hydrogens (tertiary/aromatic N) is 2. The van der Waals surface area contributed by atoms with Crippen LogP contribution in [0.1, 0.15) is 5.56 Å². The third-order valence-corrected chi connectivity index (χ3v) is 2.93. The molecule has 0 bridgehead atoms. The fraction of sp³-hybridized carbons (Fsp3) is 0.214. The molecule has 2 rings (SSSR count). The van der Waals surface area contributed by atoms with Gasteiger partial charge in [0.2, 0.25) is 0 Å². The molecule has 1 aromatic carbocycles. The van der Waals surface area contributed by atoms with E-state index >= 15 is 0 Å². The minimum Gasteiger partial charge on any atom is -0.497 e. The van der Waals surface area contributed by atoms with Crippen molar-refractivity contribution in [3.63, 3.8) is 0 Å². The average Bonchev–Trinajstić information content (AvgIpc) is 2.39. The summed E-state index contributed by atoms with van der Waals surface area (Å²) in [7, 11) is 3.70. The monoisotopic (exact) mass is 262 g/mol. The SMILES string of the molecule is COc1ccc(N(C)Cc2ccnc(Cl)c2)cc1. The lowest BCUT2D eigenvalue weighted by molar-refractivity contribution is 0.415. The van der Waals surface area contributed by atoms with Crippen LogP contribution in [0.3, 0.4) is 0 Å². The second kappa shape index (κ2) is 5.74. The third kappa shape index (κ3) is 3.14. The Balaban J connectivity index is 2.09. The van der Waals surface area contributed by atoms with E-state index in [9.17, 15) is 0 Å². The summed E-state index contributed by atoms with van der Waals surface area (Å²) in [5, 5.41) is 0.524. The van der Waals surface area contributed by atoms with E-state index in [-0.39, 0.29) is 0 Å². The van der Waals surface area contributed by atoms with Crippen LogP contribution < -0.4 is 9.64 Å². The number of pyridine rings is 1. The van der Waals surface area contributed by atoms with Crippen LogP contribution in [0.4, 0.5) is 5.69 Å². The van der Waals surface area contributed by atoms with Crippen molar-refractivity contribution in [2.45, 2.75) is 6.54 Å². The number of anilines is 1. The van der Waals surface area contributed by atoms with Crippen LogP contribution in [0.2, 0.25) is 5.15 Å². The maximum absolute atomic E-state index is 5.87. The first-order valence-corrected chi connectivity index (χ1v) is 6.02. The molecule has 2 aromatic rings. The van der Waals surface area contributed by atoms with Crippen molar-refractivity contribution in [2.75, 3.05) is 19.1 Å². The normalized spacial score (nSPS) is 10.2. The van der Waals surface area contributed by atoms with Crippen LogP contribution in [-0.2, 0) is 6.54 Å². The molecule has 0 radical (unpaired) electrons. The molecule has 0 amide bonds. The lowest BCUT2D eigenvalue weighted by Gasteiger charge is -2.19. The number of aromatic nitrogens is 1. The first-order chi connectivity index (χ1) is 8.69. The number of methoxy groups -OCH3 is 1. The predicted octanol–water partition coefficient (Wildman–Crippen LogP) is 3.38. The predicted molar refractivity (Wildman–Crippen MR) is 74.3 cm³/mol. The Labute approximate surface area is 112 Å². The Morgan fingerprint density at radius 1 is 1.22 bits per heavy atom. The highest BCUT2D eigenvalue weighted by Crippen LogP contribution is 2.20. The van der Waals surface area contributed by atoms with Crippen LogP contribution in [0.25, 0.3) is 0 Å². The molecular weight excluding hydrogens is 248 g/mol. The molecule has 0 aliphatic heterocycles. The van der Waals surface area contributed by atoms with Crippen molar-refractivity contribution >= 4 is 17.3 Å². The summed E-state index contributed by atoms with van der Waals surface area (Å²) >= 11 is 5.87. The van der Waals surface area contributed by atoms with Gasteiger partial charge in [-0.15, -0.1) is 0 Å². The highest BCUT2D eigenvalue weighted by Gasteiger charge is 2.03. The summed E-state index contributed by atoms with van der Waals surface area (Å²) in [5.74, 6) is 0.860. The van der Waals surface area contributed by atoms with E-state index in [1.54, 1.807) is 13.3 Å². The second-order valence-electron chi connectivity index (χ2n) is 4.04. The smallest absolute Gasteiger partial charge is 0.129 e. The van der Waals surface area contributed by atoms with E-state index in [4.69, 9.17) is 16.3 Å². The quantitative estimate of drug-likeness (QED) is 0.790. The Morgan fingerprint density at radius 2 is 1.94 bits per heavy atom. The van der Waals surface area contributed by atoms with Gasteiger partial charge in [0.15, 0.2) is 0 Å². The van der Waals surface area contributed by atoms with Gasteiger partial charge in [0.1, 0.15) is 10.9 Å². The largest absolute Gasteiger partial charge is 0.497 e. The van der Waals surface area contributed by atoms with Gasteiger partial charge in [-0.3, -0.25) is 0 Å². The molecule has 1 aromatic heterocycles. The Kier molecular flexibility index (Phi) is 4.05. The fourth-order valence-electron chi connectivity index (χ4n) is 1.74. The van der Waals surface area contributed by atoms with E-state index in [1.807, 2.05) is 43.4 Å². The summed E-state index contributed by atoms with van der Waals surface area (Å²) in [6.45, 7) is 0.786. The Bertz CT molecular complexity index is 513. The number of benzene rings is 1. The number of ether oxygens (including phenoxy) is 1. The lowest BCUT2D eigenvalue weighted by atomic mass is 10.2. The summed E-state index contributed by atoms with van der Waals surface area (Å²) < 4.78 is 5.14. The van der Waals surface area contributed by atoms with Gasteiger partial charge in [-0.2, -0.15) is 0 Å². The summed E-state index contributed by atoms with van der Waals surface area (Å²) in [6.07, 6.45) is 1.72. The molecular formula is C14H15ClN2O. The van der Waals surface area contributed by atoms with Crippen molar-refractivity contribution in [3.05, 3.63) is 53.3 Å². The van der Waals surface area contributed by atoms with Gasteiger partial charge in [0.05, 0.1) is 7.11 Å². The maximum Gasteiger partial charge on any atom is 0.129 e. The first-order valence-electron chi connectivity index (χ1n) is 5.64. The highest BCUT2D eigenvalue weighted by molar-refractivity contribution is 6.29. The minimum atomic E-state index is 0.524. The summed E-state index contributed by atoms with van der Waals surface area (Å²) in [6, 6.07) is 11.8. The van der Waals surface area contributed by atoms with E-state index < -0.39 is 0 Å². The zero-order valence-electron chi connectivity index (χ0n) is 10.4. The molecule has 0 unspecified atom stereocenters. The van der Waals surface area contributed by atoms with E-state index in [0.717, 1.165) is 23.5 Å². The van der Waals surface area contributed by atoms with Crippen molar-refractivity contribution in [3.8, 4) is 5.75 Å². The molecule has 0 spiro atoms. The number of rotatable bonds is 4. The topological polar surface area (TPSA) is 25.4 Å².